The first-order chi connectivity index (χ1) is 13.0. The van der Waals surface area contributed by atoms with Gasteiger partial charge in [0, 0.05) is 23.1 Å². The Bertz CT molecular complexity index is 952. The van der Waals surface area contributed by atoms with E-state index in [1.165, 1.54) is 23.5 Å². The van der Waals surface area contributed by atoms with Crippen LogP contribution in [0.4, 0.5) is 10.8 Å². The molecule has 0 saturated carbocycles. The van der Waals surface area contributed by atoms with Crippen LogP contribution in [0.3, 0.4) is 0 Å². The summed E-state index contributed by atoms with van der Waals surface area (Å²) in [4.78, 5) is 14.9. The normalized spacial score (nSPS) is 11.1. The predicted octanol–water partition coefficient (Wildman–Crippen LogP) is 4.95. The van der Waals surface area contributed by atoms with Gasteiger partial charge in [-0.3, -0.25) is 15.5 Å². The Balaban J connectivity index is 1.63. The van der Waals surface area contributed by atoms with Gasteiger partial charge in [0.25, 0.3) is 5.69 Å². The first-order valence-electron chi connectivity index (χ1n) is 8.27. The van der Waals surface area contributed by atoms with Crippen molar-refractivity contribution in [3.05, 3.63) is 69.6 Å². The fraction of sp³-hybridized carbons (Fsp3) is 0.158. The lowest BCUT2D eigenvalue weighted by molar-refractivity contribution is -0.384. The molecule has 0 spiro atoms. The summed E-state index contributed by atoms with van der Waals surface area (Å²) in [6, 6.07) is 14.0. The van der Waals surface area contributed by atoms with Crippen molar-refractivity contribution < 1.29 is 9.66 Å². The molecule has 0 atom stereocenters. The van der Waals surface area contributed by atoms with E-state index in [9.17, 15) is 10.1 Å². The quantitative estimate of drug-likeness (QED) is 0.355. The van der Waals surface area contributed by atoms with E-state index in [2.05, 4.69) is 15.5 Å². The highest BCUT2D eigenvalue weighted by Crippen LogP contribution is 2.27. The van der Waals surface area contributed by atoms with Gasteiger partial charge in [0.15, 0.2) is 0 Å². The SMILES string of the molecule is CC(C)Oc1ccc(/C=N/Nc2nc(-c3cccc([N+](=O)[O-])c3)cs2)cc1. The number of hydrogen-bond acceptors (Lipinski definition) is 7. The molecule has 1 heterocycles. The standard InChI is InChI=1S/C19H18N4O3S/c1-13(2)26-17-8-6-14(7-9-17)11-20-22-19-21-18(12-27-19)15-4-3-5-16(10-15)23(24)25/h3-13H,1-2H3,(H,21,22)/b20-11+. The van der Waals surface area contributed by atoms with Gasteiger partial charge in [0.05, 0.1) is 22.9 Å². The zero-order chi connectivity index (χ0) is 19.2. The second-order valence-corrected chi connectivity index (χ2v) is 6.81. The third-order valence-electron chi connectivity index (χ3n) is 3.48. The Hall–Kier alpha value is -3.26. The first kappa shape index (κ1) is 18.5. The van der Waals surface area contributed by atoms with Gasteiger partial charge in [-0.05, 0) is 43.7 Å². The third-order valence-corrected chi connectivity index (χ3v) is 4.23. The molecule has 27 heavy (non-hydrogen) atoms. The Morgan fingerprint density at radius 3 is 2.74 bits per heavy atom. The molecule has 0 aliphatic rings. The number of non-ortho nitro benzene ring substituents is 1. The molecule has 7 nitrogen and oxygen atoms in total. The van der Waals surface area contributed by atoms with Crippen LogP contribution in [0.1, 0.15) is 19.4 Å². The largest absolute Gasteiger partial charge is 0.491 e. The highest BCUT2D eigenvalue weighted by atomic mass is 32.1. The Morgan fingerprint density at radius 1 is 1.26 bits per heavy atom. The average molecular weight is 382 g/mol. The molecule has 3 rings (SSSR count). The van der Waals surface area contributed by atoms with Crippen molar-refractivity contribution in [3.8, 4) is 17.0 Å². The molecule has 3 aromatic rings. The van der Waals surface area contributed by atoms with Crippen molar-refractivity contribution in [3.63, 3.8) is 0 Å². The number of nitrogens with one attached hydrogen (secondary N) is 1. The number of aromatic nitrogens is 1. The summed E-state index contributed by atoms with van der Waals surface area (Å²) in [5.74, 6) is 0.816. The molecule has 0 unspecified atom stereocenters. The molecule has 0 amide bonds. The minimum Gasteiger partial charge on any atom is -0.491 e. The summed E-state index contributed by atoms with van der Waals surface area (Å²) in [5, 5.41) is 17.5. The van der Waals surface area contributed by atoms with Crippen molar-refractivity contribution in [2.45, 2.75) is 20.0 Å². The monoisotopic (exact) mass is 382 g/mol. The number of nitro benzene ring substituents is 1. The minimum atomic E-state index is -0.420. The van der Waals surface area contributed by atoms with E-state index >= 15 is 0 Å². The van der Waals surface area contributed by atoms with Crippen LogP contribution in [0, 0.1) is 10.1 Å². The maximum Gasteiger partial charge on any atom is 0.270 e. The third kappa shape index (κ3) is 5.11. The van der Waals surface area contributed by atoms with Crippen LogP contribution in [0.5, 0.6) is 5.75 Å². The highest BCUT2D eigenvalue weighted by Gasteiger charge is 2.09. The molecule has 0 aliphatic heterocycles. The lowest BCUT2D eigenvalue weighted by Crippen LogP contribution is -2.05. The summed E-state index contributed by atoms with van der Waals surface area (Å²) in [7, 11) is 0. The molecule has 0 aliphatic carbocycles. The molecular weight excluding hydrogens is 364 g/mol. The number of thiazole rings is 1. The Labute approximate surface area is 160 Å². The lowest BCUT2D eigenvalue weighted by Gasteiger charge is -2.08. The second-order valence-electron chi connectivity index (χ2n) is 5.95. The van der Waals surface area contributed by atoms with Gasteiger partial charge in [0.2, 0.25) is 5.13 Å². The lowest BCUT2D eigenvalue weighted by atomic mass is 10.1. The van der Waals surface area contributed by atoms with Gasteiger partial charge in [-0.15, -0.1) is 11.3 Å². The van der Waals surface area contributed by atoms with E-state index in [1.807, 2.05) is 43.5 Å². The zero-order valence-electron chi connectivity index (χ0n) is 14.8. The number of hydrogen-bond donors (Lipinski definition) is 1. The number of rotatable bonds is 7. The summed E-state index contributed by atoms with van der Waals surface area (Å²) < 4.78 is 5.60. The number of hydrazone groups is 1. The molecular formula is C19H18N4O3S. The number of benzene rings is 2. The highest BCUT2D eigenvalue weighted by molar-refractivity contribution is 7.14. The van der Waals surface area contributed by atoms with E-state index in [4.69, 9.17) is 4.74 Å². The summed E-state index contributed by atoms with van der Waals surface area (Å²) >= 11 is 1.38. The van der Waals surface area contributed by atoms with Gasteiger partial charge < -0.3 is 4.74 Å². The molecule has 2 aromatic carbocycles. The first-order valence-corrected chi connectivity index (χ1v) is 9.15. The van der Waals surface area contributed by atoms with Gasteiger partial charge in [-0.1, -0.05) is 12.1 Å². The van der Waals surface area contributed by atoms with E-state index in [1.54, 1.807) is 18.3 Å². The number of ether oxygens (including phenoxy) is 1. The van der Waals surface area contributed by atoms with Crippen molar-refractivity contribution in [1.29, 1.82) is 0 Å². The average Bonchev–Trinajstić information content (AvgIpc) is 3.12. The van der Waals surface area contributed by atoms with Crippen LogP contribution >= 0.6 is 11.3 Å². The molecule has 0 saturated heterocycles. The Morgan fingerprint density at radius 2 is 2.04 bits per heavy atom. The number of anilines is 1. The topological polar surface area (TPSA) is 89.7 Å². The second kappa shape index (κ2) is 8.41. The summed E-state index contributed by atoms with van der Waals surface area (Å²) in [6.07, 6.45) is 1.82. The maximum atomic E-state index is 10.9. The van der Waals surface area contributed by atoms with Crippen molar-refractivity contribution in [1.82, 2.24) is 4.98 Å². The van der Waals surface area contributed by atoms with Crippen LogP contribution in [0.15, 0.2) is 59.0 Å². The molecule has 0 bridgehead atoms. The minimum absolute atomic E-state index is 0.0397. The molecule has 0 fully saturated rings. The summed E-state index contributed by atoms with van der Waals surface area (Å²) in [6.45, 7) is 3.96. The van der Waals surface area contributed by atoms with Crippen molar-refractivity contribution >= 4 is 28.4 Å². The summed E-state index contributed by atoms with van der Waals surface area (Å²) in [5.41, 5.74) is 5.20. The predicted molar refractivity (Wildman–Crippen MR) is 108 cm³/mol. The van der Waals surface area contributed by atoms with E-state index < -0.39 is 4.92 Å². The van der Waals surface area contributed by atoms with Crippen LogP contribution in [0.25, 0.3) is 11.3 Å². The van der Waals surface area contributed by atoms with Gasteiger partial charge >= 0.3 is 0 Å². The van der Waals surface area contributed by atoms with Crippen LogP contribution in [-0.4, -0.2) is 22.2 Å². The molecule has 0 radical (unpaired) electrons. The van der Waals surface area contributed by atoms with Gasteiger partial charge in [-0.25, -0.2) is 4.98 Å². The van der Waals surface area contributed by atoms with Crippen LogP contribution < -0.4 is 10.2 Å². The van der Waals surface area contributed by atoms with Crippen molar-refractivity contribution in [2.75, 3.05) is 5.43 Å². The maximum absolute atomic E-state index is 10.9. The fourth-order valence-corrected chi connectivity index (χ4v) is 2.97. The fourth-order valence-electron chi connectivity index (χ4n) is 2.30. The van der Waals surface area contributed by atoms with E-state index in [0.717, 1.165) is 11.3 Å². The Kier molecular flexibility index (Phi) is 5.77. The van der Waals surface area contributed by atoms with Crippen LogP contribution in [0.2, 0.25) is 0 Å². The molecule has 138 valence electrons. The van der Waals surface area contributed by atoms with Gasteiger partial charge in [-0.2, -0.15) is 5.10 Å². The molecule has 1 N–H and O–H groups in total. The number of nitrogens with zero attached hydrogens (tertiary/aromatic N) is 3. The molecule has 8 heteroatoms. The van der Waals surface area contributed by atoms with E-state index in [-0.39, 0.29) is 11.8 Å². The van der Waals surface area contributed by atoms with Crippen molar-refractivity contribution in [2.24, 2.45) is 5.10 Å². The van der Waals surface area contributed by atoms with Gasteiger partial charge in [0.1, 0.15) is 5.75 Å². The number of nitro groups is 1. The van der Waals surface area contributed by atoms with E-state index in [0.29, 0.717) is 16.4 Å². The smallest absolute Gasteiger partial charge is 0.270 e. The zero-order valence-corrected chi connectivity index (χ0v) is 15.6. The van der Waals surface area contributed by atoms with Crippen LogP contribution in [-0.2, 0) is 0 Å². The molecule has 1 aromatic heterocycles.